The van der Waals surface area contributed by atoms with Gasteiger partial charge in [0.15, 0.2) is 5.82 Å². The quantitative estimate of drug-likeness (QED) is 0.147. The highest BCUT2D eigenvalue weighted by molar-refractivity contribution is 5.91. The minimum absolute atomic E-state index is 0.165. The normalized spacial score (nSPS) is 15.8. The van der Waals surface area contributed by atoms with Crippen molar-refractivity contribution >= 4 is 23.6 Å². The molecular formula is C38H48N10O2. The standard InChI is InChI=1S/C38H48N10O2/c1-3-9-33(44-36-41-25-31(22-39)35(45-36)47-19-15-38(28-47)16-20-50-21-17-38)12-7-8-18-48(37(49)42-23-29-10-5-4-6-11-29)34-14-13-30(24-40-34)32-26-43-46(2)27-32/h4-6,10-11,13-14,24-27,33H,3,7-9,12,15-21,23,28H2,1-2H3,(H,42,49)(H,41,44,45). The Balaban J connectivity index is 1.09. The number of anilines is 3. The lowest BCUT2D eigenvalue weighted by molar-refractivity contribution is 0.0254. The molecular weight excluding hydrogens is 628 g/mol. The molecule has 0 radical (unpaired) electrons. The van der Waals surface area contributed by atoms with E-state index in [4.69, 9.17) is 9.72 Å². The fourth-order valence-corrected chi connectivity index (χ4v) is 7.05. The molecule has 2 amide bonds. The van der Waals surface area contributed by atoms with E-state index < -0.39 is 0 Å². The van der Waals surface area contributed by atoms with E-state index in [9.17, 15) is 10.1 Å². The van der Waals surface area contributed by atoms with Crippen molar-refractivity contribution in [3.63, 3.8) is 0 Å². The maximum atomic E-state index is 13.5. The van der Waals surface area contributed by atoms with E-state index in [0.29, 0.717) is 30.4 Å². The predicted octanol–water partition coefficient (Wildman–Crippen LogP) is 6.32. The molecule has 2 fully saturated rings. The number of nitrogens with zero attached hydrogens (tertiary/aromatic N) is 8. The molecule has 2 saturated heterocycles. The van der Waals surface area contributed by atoms with Gasteiger partial charge in [-0.05, 0) is 68.1 Å². The summed E-state index contributed by atoms with van der Waals surface area (Å²) in [5, 5.41) is 20.8. The molecule has 3 aromatic heterocycles. The van der Waals surface area contributed by atoms with Gasteiger partial charge in [-0.15, -0.1) is 0 Å². The third kappa shape index (κ3) is 8.76. The summed E-state index contributed by atoms with van der Waals surface area (Å²) < 4.78 is 7.39. The SMILES string of the molecule is CCCC(CCCCN(C(=O)NCc1ccccc1)c1ccc(-c2cnn(C)c2)cn1)Nc1ncc(C#N)c(N2CCC3(CCOCC3)C2)n1. The molecule has 1 unspecified atom stereocenters. The number of benzene rings is 1. The third-order valence-corrected chi connectivity index (χ3v) is 9.93. The first kappa shape index (κ1) is 34.8. The summed E-state index contributed by atoms with van der Waals surface area (Å²) >= 11 is 0. The largest absolute Gasteiger partial charge is 0.381 e. The molecule has 12 nitrogen and oxygen atoms in total. The molecule has 2 N–H and O–H groups in total. The van der Waals surface area contributed by atoms with Gasteiger partial charge in [-0.3, -0.25) is 9.58 Å². The Labute approximate surface area is 294 Å². The van der Waals surface area contributed by atoms with Gasteiger partial charge in [0.25, 0.3) is 0 Å². The number of hydrogen-bond donors (Lipinski definition) is 2. The number of nitrogens with one attached hydrogen (secondary N) is 2. The summed E-state index contributed by atoms with van der Waals surface area (Å²) in [5.41, 5.74) is 3.72. The number of unbranched alkanes of at least 4 members (excludes halogenated alkanes) is 1. The van der Waals surface area contributed by atoms with Crippen LogP contribution in [0.4, 0.5) is 22.4 Å². The van der Waals surface area contributed by atoms with Gasteiger partial charge in [0.2, 0.25) is 5.95 Å². The topological polar surface area (TPSA) is 137 Å². The number of urea groups is 1. The number of amides is 2. The van der Waals surface area contributed by atoms with Crippen LogP contribution >= 0.6 is 0 Å². The number of carbonyl (C=O) groups excluding carboxylic acids is 1. The highest BCUT2D eigenvalue weighted by atomic mass is 16.5. The monoisotopic (exact) mass is 676 g/mol. The Morgan fingerprint density at radius 3 is 2.60 bits per heavy atom. The number of pyridine rings is 1. The van der Waals surface area contributed by atoms with Crippen LogP contribution in [0.15, 0.2) is 67.3 Å². The second kappa shape index (κ2) is 16.6. The van der Waals surface area contributed by atoms with Gasteiger partial charge in [0, 0.05) is 76.0 Å². The first-order chi connectivity index (χ1) is 24.4. The number of rotatable bonds is 14. The zero-order valence-electron chi connectivity index (χ0n) is 29.2. The zero-order chi connectivity index (χ0) is 34.8. The molecule has 2 aliphatic rings. The Morgan fingerprint density at radius 2 is 1.88 bits per heavy atom. The lowest BCUT2D eigenvalue weighted by Gasteiger charge is -2.33. The molecule has 1 aromatic carbocycles. The Kier molecular flexibility index (Phi) is 11.6. The molecule has 50 heavy (non-hydrogen) atoms. The van der Waals surface area contributed by atoms with Crippen LogP contribution in [-0.4, -0.2) is 69.7 Å². The van der Waals surface area contributed by atoms with Crippen LogP contribution in [0.3, 0.4) is 0 Å². The molecule has 0 bridgehead atoms. The molecule has 0 aliphatic carbocycles. The predicted molar refractivity (Wildman–Crippen MR) is 195 cm³/mol. The van der Waals surface area contributed by atoms with Crippen molar-refractivity contribution in [3.8, 4) is 17.2 Å². The number of aromatic nitrogens is 5. The summed E-state index contributed by atoms with van der Waals surface area (Å²) in [4.78, 5) is 31.7. The zero-order valence-corrected chi connectivity index (χ0v) is 29.2. The number of carbonyl (C=O) groups is 1. The van der Waals surface area contributed by atoms with E-state index in [-0.39, 0.29) is 17.5 Å². The van der Waals surface area contributed by atoms with Crippen molar-refractivity contribution in [1.82, 2.24) is 30.0 Å². The first-order valence-corrected chi connectivity index (χ1v) is 17.9. The van der Waals surface area contributed by atoms with Crippen LogP contribution in [0.25, 0.3) is 11.1 Å². The summed E-state index contributed by atoms with van der Waals surface area (Å²) in [6.45, 7) is 6.54. The Hall–Kier alpha value is -5.02. The van der Waals surface area contributed by atoms with Gasteiger partial charge >= 0.3 is 6.03 Å². The molecule has 12 heteroatoms. The molecule has 2 aliphatic heterocycles. The van der Waals surface area contributed by atoms with Gasteiger partial charge in [-0.2, -0.15) is 15.3 Å². The van der Waals surface area contributed by atoms with Crippen molar-refractivity contribution < 1.29 is 9.53 Å². The van der Waals surface area contributed by atoms with Crippen LogP contribution in [0.2, 0.25) is 0 Å². The first-order valence-electron chi connectivity index (χ1n) is 17.9. The molecule has 1 atom stereocenters. The Bertz CT molecular complexity index is 1730. The third-order valence-electron chi connectivity index (χ3n) is 9.93. The van der Waals surface area contributed by atoms with Crippen molar-refractivity contribution in [2.24, 2.45) is 12.5 Å². The fraction of sp³-hybridized carbons (Fsp3) is 0.474. The highest BCUT2D eigenvalue weighted by Gasteiger charge is 2.40. The lowest BCUT2D eigenvalue weighted by atomic mass is 9.80. The number of aryl methyl sites for hydroxylation is 1. The van der Waals surface area contributed by atoms with Gasteiger partial charge in [0.1, 0.15) is 17.5 Å². The van der Waals surface area contributed by atoms with Gasteiger partial charge in [-0.1, -0.05) is 43.7 Å². The summed E-state index contributed by atoms with van der Waals surface area (Å²) in [6.07, 6.45) is 15.0. The maximum absolute atomic E-state index is 13.5. The average molecular weight is 677 g/mol. The van der Waals surface area contributed by atoms with Crippen LogP contribution in [0, 0.1) is 16.7 Å². The van der Waals surface area contributed by atoms with E-state index in [0.717, 1.165) is 100 Å². The van der Waals surface area contributed by atoms with E-state index >= 15 is 0 Å². The van der Waals surface area contributed by atoms with Crippen molar-refractivity contribution in [2.75, 3.05) is 48.0 Å². The second-order valence-corrected chi connectivity index (χ2v) is 13.6. The summed E-state index contributed by atoms with van der Waals surface area (Å²) in [6, 6.07) is 16.1. The molecule has 5 heterocycles. The summed E-state index contributed by atoms with van der Waals surface area (Å²) in [7, 11) is 1.88. The molecule has 1 spiro atoms. The van der Waals surface area contributed by atoms with Crippen LogP contribution in [0.5, 0.6) is 0 Å². The Morgan fingerprint density at radius 1 is 1.04 bits per heavy atom. The number of ether oxygens (including phenoxy) is 1. The molecule has 262 valence electrons. The smallest absolute Gasteiger partial charge is 0.323 e. The number of nitriles is 1. The second-order valence-electron chi connectivity index (χ2n) is 13.6. The van der Waals surface area contributed by atoms with E-state index in [1.54, 1.807) is 28.2 Å². The van der Waals surface area contributed by atoms with Gasteiger partial charge in [-0.25, -0.2) is 14.8 Å². The number of hydrogen-bond acceptors (Lipinski definition) is 9. The molecule has 0 saturated carbocycles. The average Bonchev–Trinajstić information content (AvgIpc) is 3.77. The molecule has 6 rings (SSSR count). The summed E-state index contributed by atoms with van der Waals surface area (Å²) in [5.74, 6) is 1.89. The minimum atomic E-state index is -0.179. The van der Waals surface area contributed by atoms with Crippen molar-refractivity contribution in [3.05, 3.63) is 78.4 Å². The van der Waals surface area contributed by atoms with Gasteiger partial charge in [0.05, 0.1) is 12.4 Å². The van der Waals surface area contributed by atoms with E-state index in [1.165, 1.54) is 0 Å². The van der Waals surface area contributed by atoms with Crippen LogP contribution in [-0.2, 0) is 18.3 Å². The van der Waals surface area contributed by atoms with Crippen molar-refractivity contribution in [2.45, 2.75) is 70.9 Å². The highest BCUT2D eigenvalue weighted by Crippen LogP contribution is 2.41. The van der Waals surface area contributed by atoms with Crippen LogP contribution < -0.4 is 20.4 Å². The van der Waals surface area contributed by atoms with Crippen molar-refractivity contribution in [1.29, 1.82) is 5.26 Å². The minimum Gasteiger partial charge on any atom is -0.381 e. The fourth-order valence-electron chi connectivity index (χ4n) is 7.05. The van der Waals surface area contributed by atoms with Gasteiger partial charge < -0.3 is 20.3 Å². The molecule has 4 aromatic rings. The van der Waals surface area contributed by atoms with Crippen LogP contribution in [0.1, 0.15) is 69.4 Å². The lowest BCUT2D eigenvalue weighted by Crippen LogP contribution is -2.41. The maximum Gasteiger partial charge on any atom is 0.323 e. The van der Waals surface area contributed by atoms with E-state index in [1.807, 2.05) is 55.7 Å². The van der Waals surface area contributed by atoms with E-state index in [2.05, 4.69) is 43.6 Å².